The Labute approximate surface area is 304 Å². The first-order valence-corrected chi connectivity index (χ1v) is 16.9. The van der Waals surface area contributed by atoms with E-state index >= 15 is 0 Å². The number of hydrogen-bond donors (Lipinski definition) is 1. The summed E-state index contributed by atoms with van der Waals surface area (Å²) in [5, 5.41) is 33.3. The predicted octanol–water partition coefficient (Wildman–Crippen LogP) is 5.66. The number of aromatic hydroxyl groups is 1. The van der Waals surface area contributed by atoms with Crippen molar-refractivity contribution in [3.63, 3.8) is 0 Å². The van der Waals surface area contributed by atoms with Crippen LogP contribution in [0.5, 0.6) is 28.7 Å². The third-order valence-corrected chi connectivity index (χ3v) is 9.01. The van der Waals surface area contributed by atoms with Crippen LogP contribution in [0.2, 0.25) is 0 Å². The van der Waals surface area contributed by atoms with E-state index in [9.17, 15) is 34.9 Å². The number of fused-ring (bicyclic) bond motifs is 1. The number of carbonyl (C=O) groups is 1. The molecule has 0 aliphatic carbocycles. The lowest BCUT2D eigenvalue weighted by Gasteiger charge is -2.26. The molecule has 15 nitrogen and oxygen atoms in total. The Morgan fingerprint density at radius 3 is 2.36 bits per heavy atom. The van der Waals surface area contributed by atoms with Crippen LogP contribution < -0.4 is 29.1 Å². The number of esters is 1. The Hall–Kier alpha value is -6.81. The first kappa shape index (κ1) is 36.0. The van der Waals surface area contributed by atoms with Crippen molar-refractivity contribution in [2.75, 3.05) is 20.3 Å². The number of phenolic OH excluding ortho intramolecular Hbond substituents is 1. The van der Waals surface area contributed by atoms with Gasteiger partial charge in [0, 0.05) is 11.6 Å². The maximum atomic E-state index is 14.3. The molecular weight excluding hydrogens is 708 g/mol. The second-order valence-corrected chi connectivity index (χ2v) is 12.3. The van der Waals surface area contributed by atoms with Crippen molar-refractivity contribution in [2.45, 2.75) is 19.9 Å². The highest BCUT2D eigenvalue weighted by Gasteiger charge is 2.35. The van der Waals surface area contributed by atoms with E-state index in [0.717, 1.165) is 29.5 Å². The van der Waals surface area contributed by atoms with Crippen molar-refractivity contribution in [1.82, 2.24) is 4.57 Å². The number of nitro groups is 2. The van der Waals surface area contributed by atoms with Gasteiger partial charge in [0.2, 0.25) is 5.75 Å². The Kier molecular flexibility index (Phi) is 10.3. The summed E-state index contributed by atoms with van der Waals surface area (Å²) in [6.07, 6.45) is 1.61. The Morgan fingerprint density at radius 2 is 1.68 bits per heavy atom. The highest BCUT2D eigenvalue weighted by molar-refractivity contribution is 7.07. The van der Waals surface area contributed by atoms with Gasteiger partial charge in [-0.15, -0.1) is 0 Å². The van der Waals surface area contributed by atoms with Crippen molar-refractivity contribution in [1.29, 1.82) is 0 Å². The summed E-state index contributed by atoms with van der Waals surface area (Å²) in [6, 6.07) is 20.3. The van der Waals surface area contributed by atoms with Gasteiger partial charge in [0.05, 0.1) is 58.1 Å². The molecule has 5 aromatic rings. The zero-order valence-corrected chi connectivity index (χ0v) is 29.2. The average Bonchev–Trinajstić information content (AvgIpc) is 3.46. The van der Waals surface area contributed by atoms with Crippen molar-refractivity contribution >= 4 is 40.5 Å². The second-order valence-electron chi connectivity index (χ2n) is 11.3. The molecule has 0 saturated heterocycles. The number of carbonyl (C=O) groups excluding carboxylic acids is 1. The number of benzene rings is 4. The van der Waals surface area contributed by atoms with Crippen LogP contribution in [-0.2, 0) is 9.53 Å². The number of nitro benzene ring substituents is 2. The minimum absolute atomic E-state index is 0.0693. The van der Waals surface area contributed by atoms with Crippen LogP contribution in [0, 0.1) is 20.2 Å². The van der Waals surface area contributed by atoms with Crippen molar-refractivity contribution in [3.8, 4) is 28.7 Å². The molecule has 4 aromatic carbocycles. The molecule has 270 valence electrons. The fourth-order valence-electron chi connectivity index (χ4n) is 5.71. The summed E-state index contributed by atoms with van der Waals surface area (Å²) in [6.45, 7) is 3.67. The molecule has 1 N–H and O–H groups in total. The molecule has 6 rings (SSSR count). The molecule has 0 amide bonds. The van der Waals surface area contributed by atoms with E-state index in [1.807, 2.05) is 6.07 Å². The van der Waals surface area contributed by atoms with Gasteiger partial charge < -0.3 is 24.1 Å². The van der Waals surface area contributed by atoms with Crippen LogP contribution in [0.25, 0.3) is 11.8 Å². The largest absolute Gasteiger partial charge is 0.504 e. The maximum absolute atomic E-state index is 14.3. The first-order valence-electron chi connectivity index (χ1n) is 16.1. The molecule has 0 fully saturated rings. The maximum Gasteiger partial charge on any atom is 0.338 e. The summed E-state index contributed by atoms with van der Waals surface area (Å²) >= 11 is 1.09. The van der Waals surface area contributed by atoms with Gasteiger partial charge in [-0.25, -0.2) is 9.79 Å². The van der Waals surface area contributed by atoms with Gasteiger partial charge in [-0.05, 0) is 61.4 Å². The molecular formula is C37H30N4O11S. The number of phenols is 1. The van der Waals surface area contributed by atoms with Gasteiger partial charge >= 0.3 is 11.7 Å². The van der Waals surface area contributed by atoms with Gasteiger partial charge in [-0.3, -0.25) is 29.6 Å². The number of hydrogen-bond acceptors (Lipinski definition) is 13. The standard InChI is InChI=1S/C37H30N4O11S/c1-4-50-30-17-21(11-15-28(30)52-27-16-13-24(40(45)46)20-25(27)41(47)48)18-31-35(43)39-34(23-12-14-26(42)29(19-23)49-3)32(36(44)51-5-2)33(38-37(39)53-31)22-9-7-6-8-10-22/h6-20,34,42H,4-5H2,1-3H3. The molecule has 1 aliphatic rings. The van der Waals surface area contributed by atoms with Gasteiger partial charge in [0.1, 0.15) is 0 Å². The lowest BCUT2D eigenvalue weighted by atomic mass is 9.93. The van der Waals surface area contributed by atoms with E-state index in [1.54, 1.807) is 68.5 Å². The molecule has 1 unspecified atom stereocenters. The number of aromatic nitrogens is 1. The lowest BCUT2D eigenvalue weighted by Crippen LogP contribution is -2.40. The van der Waals surface area contributed by atoms with Crippen LogP contribution in [-0.4, -0.2) is 45.8 Å². The highest BCUT2D eigenvalue weighted by atomic mass is 32.1. The van der Waals surface area contributed by atoms with Crippen LogP contribution in [0.1, 0.15) is 36.6 Å². The summed E-state index contributed by atoms with van der Waals surface area (Å²) in [7, 11) is 1.39. The van der Waals surface area contributed by atoms with E-state index in [1.165, 1.54) is 23.8 Å². The smallest absolute Gasteiger partial charge is 0.338 e. The van der Waals surface area contributed by atoms with E-state index in [4.69, 9.17) is 23.9 Å². The number of non-ortho nitro benzene ring substituents is 1. The molecule has 1 aromatic heterocycles. The third kappa shape index (κ3) is 7.20. The number of nitrogens with zero attached hydrogens (tertiary/aromatic N) is 4. The zero-order chi connectivity index (χ0) is 37.8. The van der Waals surface area contributed by atoms with E-state index in [2.05, 4.69) is 0 Å². The van der Waals surface area contributed by atoms with Crippen LogP contribution in [0.4, 0.5) is 11.4 Å². The molecule has 53 heavy (non-hydrogen) atoms. The van der Waals surface area contributed by atoms with Crippen molar-refractivity contribution < 1.29 is 38.7 Å². The number of thiazole rings is 1. The summed E-state index contributed by atoms with van der Waals surface area (Å²) in [5.74, 6) is -0.626. The quantitative estimate of drug-likeness (QED) is 0.0943. The van der Waals surface area contributed by atoms with Gasteiger partial charge in [0.15, 0.2) is 27.8 Å². The number of methoxy groups -OCH3 is 1. The molecule has 0 radical (unpaired) electrons. The van der Waals surface area contributed by atoms with Gasteiger partial charge in [0.25, 0.3) is 11.2 Å². The van der Waals surface area contributed by atoms with Crippen molar-refractivity contribution in [3.05, 3.63) is 147 Å². The van der Waals surface area contributed by atoms with E-state index in [0.29, 0.717) is 27.2 Å². The molecule has 0 bridgehead atoms. The van der Waals surface area contributed by atoms with Crippen LogP contribution >= 0.6 is 11.3 Å². The molecule has 0 spiro atoms. The Morgan fingerprint density at radius 1 is 0.925 bits per heavy atom. The first-order chi connectivity index (χ1) is 25.5. The molecule has 1 aliphatic heterocycles. The molecule has 2 heterocycles. The topological polar surface area (TPSA) is 195 Å². The number of ether oxygens (including phenoxy) is 4. The molecule has 16 heteroatoms. The predicted molar refractivity (Wildman–Crippen MR) is 193 cm³/mol. The summed E-state index contributed by atoms with van der Waals surface area (Å²) in [5.41, 5.74) is 0.458. The van der Waals surface area contributed by atoms with E-state index in [-0.39, 0.29) is 52.1 Å². The minimum atomic E-state index is -1.02. The monoisotopic (exact) mass is 738 g/mol. The summed E-state index contributed by atoms with van der Waals surface area (Å²) in [4.78, 5) is 54.6. The molecule has 0 saturated carbocycles. The number of rotatable bonds is 12. The average molecular weight is 739 g/mol. The second kappa shape index (κ2) is 15.2. The Bertz CT molecular complexity index is 2470. The van der Waals surface area contributed by atoms with Crippen LogP contribution in [0.3, 0.4) is 0 Å². The fraction of sp³-hybridized carbons (Fsp3) is 0.162. The Balaban J connectivity index is 1.51. The normalized spacial score (nSPS) is 13.9. The lowest BCUT2D eigenvalue weighted by molar-refractivity contribution is -0.394. The SMILES string of the molecule is CCOC(=O)C1=C(c2ccccc2)N=c2sc(=Cc3ccc(Oc4ccc([N+](=O)[O-])cc4[N+](=O)[O-])c(OCC)c3)c(=O)n2C1c1ccc(O)c(OC)c1. The van der Waals surface area contributed by atoms with E-state index < -0.39 is 38.8 Å². The third-order valence-electron chi connectivity index (χ3n) is 8.03. The molecule has 1 atom stereocenters. The fourth-order valence-corrected chi connectivity index (χ4v) is 6.71. The van der Waals surface area contributed by atoms with Gasteiger partial charge in [-0.1, -0.05) is 53.8 Å². The minimum Gasteiger partial charge on any atom is -0.504 e. The van der Waals surface area contributed by atoms with Crippen molar-refractivity contribution in [2.24, 2.45) is 4.99 Å². The van der Waals surface area contributed by atoms with Crippen LogP contribution in [0.15, 0.2) is 100 Å². The summed E-state index contributed by atoms with van der Waals surface area (Å²) < 4.78 is 24.1. The zero-order valence-electron chi connectivity index (χ0n) is 28.4. The highest BCUT2D eigenvalue weighted by Crippen LogP contribution is 2.40. The van der Waals surface area contributed by atoms with Gasteiger partial charge in [-0.2, -0.15) is 0 Å².